The van der Waals surface area contributed by atoms with Crippen LogP contribution < -0.4 is 5.32 Å². The normalized spacial score (nSPS) is 16.7. The fraction of sp³-hybridized carbons (Fsp3) is 0.333. The quantitative estimate of drug-likeness (QED) is 0.867. The van der Waals surface area contributed by atoms with E-state index in [2.05, 4.69) is 29.6 Å². The van der Waals surface area contributed by atoms with Gasteiger partial charge in [0.15, 0.2) is 0 Å². The van der Waals surface area contributed by atoms with Crippen LogP contribution in [0.15, 0.2) is 48.5 Å². The Balaban J connectivity index is 1.98. The molecule has 0 bridgehead atoms. The van der Waals surface area contributed by atoms with Gasteiger partial charge in [-0.2, -0.15) is 0 Å². The van der Waals surface area contributed by atoms with E-state index in [0.29, 0.717) is 5.92 Å². The van der Waals surface area contributed by atoms with Gasteiger partial charge < -0.3 is 5.32 Å². The third-order valence-corrected chi connectivity index (χ3v) is 4.34. The predicted octanol–water partition coefficient (Wildman–Crippen LogP) is 4.40. The van der Waals surface area contributed by atoms with Gasteiger partial charge >= 0.3 is 0 Å². The summed E-state index contributed by atoms with van der Waals surface area (Å²) in [5.74, 6) is 0.512. The number of halogens is 1. The molecule has 1 aliphatic carbocycles. The van der Waals surface area contributed by atoms with Crippen LogP contribution in [0.2, 0.25) is 0 Å². The molecule has 0 radical (unpaired) electrons. The van der Waals surface area contributed by atoms with Crippen molar-refractivity contribution in [3.63, 3.8) is 0 Å². The zero-order valence-electron chi connectivity index (χ0n) is 11.8. The lowest BCUT2D eigenvalue weighted by molar-refractivity contribution is 0.415. The first-order valence-corrected chi connectivity index (χ1v) is 7.31. The smallest absolute Gasteiger partial charge is 0.123 e. The molecular weight excluding hydrogens is 249 g/mol. The third kappa shape index (κ3) is 2.48. The van der Waals surface area contributed by atoms with Gasteiger partial charge in [0.1, 0.15) is 5.82 Å². The second kappa shape index (κ2) is 5.76. The summed E-state index contributed by atoms with van der Waals surface area (Å²) in [7, 11) is 1.96. The van der Waals surface area contributed by atoms with Crippen molar-refractivity contribution in [1.82, 2.24) is 5.32 Å². The van der Waals surface area contributed by atoms with E-state index >= 15 is 0 Å². The highest BCUT2D eigenvalue weighted by atomic mass is 19.1. The molecular formula is C18H20FN. The molecule has 1 aliphatic rings. The van der Waals surface area contributed by atoms with Crippen molar-refractivity contribution in [1.29, 1.82) is 0 Å². The predicted molar refractivity (Wildman–Crippen MR) is 80.3 cm³/mol. The van der Waals surface area contributed by atoms with Gasteiger partial charge in [0, 0.05) is 0 Å². The Morgan fingerprint density at radius 3 is 2.35 bits per heavy atom. The molecule has 20 heavy (non-hydrogen) atoms. The average molecular weight is 269 g/mol. The Morgan fingerprint density at radius 2 is 1.75 bits per heavy atom. The number of benzene rings is 2. The van der Waals surface area contributed by atoms with Gasteiger partial charge in [-0.05, 0) is 54.6 Å². The lowest BCUT2D eigenvalue weighted by Gasteiger charge is -2.30. The molecule has 104 valence electrons. The number of rotatable bonds is 4. The first-order chi connectivity index (χ1) is 9.79. The van der Waals surface area contributed by atoms with Crippen molar-refractivity contribution in [3.8, 4) is 0 Å². The first-order valence-electron chi connectivity index (χ1n) is 7.31. The van der Waals surface area contributed by atoms with E-state index in [-0.39, 0.29) is 11.9 Å². The zero-order valence-corrected chi connectivity index (χ0v) is 11.8. The monoisotopic (exact) mass is 269 g/mol. The largest absolute Gasteiger partial charge is 0.309 e. The Labute approximate surface area is 119 Å². The van der Waals surface area contributed by atoms with Gasteiger partial charge in [0.05, 0.1) is 6.04 Å². The zero-order chi connectivity index (χ0) is 13.9. The van der Waals surface area contributed by atoms with Crippen molar-refractivity contribution in [2.45, 2.75) is 31.2 Å². The summed E-state index contributed by atoms with van der Waals surface area (Å²) in [6.45, 7) is 0. The van der Waals surface area contributed by atoms with Gasteiger partial charge in [0.2, 0.25) is 0 Å². The maximum atomic E-state index is 13.1. The van der Waals surface area contributed by atoms with Crippen LogP contribution in [0.1, 0.15) is 47.9 Å². The van der Waals surface area contributed by atoms with E-state index in [1.807, 2.05) is 19.2 Å². The topological polar surface area (TPSA) is 12.0 Å². The summed E-state index contributed by atoms with van der Waals surface area (Å²) in [6.07, 6.45) is 3.91. The molecule has 0 saturated heterocycles. The van der Waals surface area contributed by atoms with Crippen molar-refractivity contribution in [2.24, 2.45) is 0 Å². The van der Waals surface area contributed by atoms with Crippen LogP contribution in [0.25, 0.3) is 0 Å². The molecule has 1 nitrogen and oxygen atoms in total. The van der Waals surface area contributed by atoms with Crippen LogP contribution in [0.4, 0.5) is 4.39 Å². The lowest BCUT2D eigenvalue weighted by Crippen LogP contribution is -2.21. The number of hydrogen-bond donors (Lipinski definition) is 1. The molecule has 0 spiro atoms. The molecule has 1 N–H and O–H groups in total. The molecule has 2 heteroatoms. The molecule has 1 unspecified atom stereocenters. The van der Waals surface area contributed by atoms with Crippen LogP contribution in [0.3, 0.4) is 0 Å². The molecule has 1 saturated carbocycles. The lowest BCUT2D eigenvalue weighted by atomic mass is 9.76. The van der Waals surface area contributed by atoms with Crippen molar-refractivity contribution < 1.29 is 4.39 Å². The summed E-state index contributed by atoms with van der Waals surface area (Å²) < 4.78 is 13.1. The molecule has 0 heterocycles. The minimum atomic E-state index is -0.184. The van der Waals surface area contributed by atoms with Gasteiger partial charge in [-0.1, -0.05) is 42.8 Å². The Bertz CT molecular complexity index is 572. The second-order valence-corrected chi connectivity index (χ2v) is 5.53. The van der Waals surface area contributed by atoms with Crippen LogP contribution in [-0.4, -0.2) is 7.05 Å². The average Bonchev–Trinajstić information content (AvgIpc) is 2.41. The fourth-order valence-corrected chi connectivity index (χ4v) is 3.02. The van der Waals surface area contributed by atoms with Gasteiger partial charge in [-0.15, -0.1) is 0 Å². The minimum absolute atomic E-state index is 0.132. The maximum absolute atomic E-state index is 13.1. The van der Waals surface area contributed by atoms with Crippen molar-refractivity contribution in [2.75, 3.05) is 7.05 Å². The van der Waals surface area contributed by atoms with Gasteiger partial charge in [-0.3, -0.25) is 0 Å². The van der Waals surface area contributed by atoms with Crippen LogP contribution >= 0.6 is 0 Å². The number of hydrogen-bond acceptors (Lipinski definition) is 1. The van der Waals surface area contributed by atoms with Crippen molar-refractivity contribution in [3.05, 3.63) is 71.0 Å². The Hall–Kier alpha value is -1.67. The second-order valence-electron chi connectivity index (χ2n) is 5.53. The molecule has 0 aromatic heterocycles. The highest BCUT2D eigenvalue weighted by Gasteiger charge is 2.24. The SMILES string of the molecule is CNC(c1ccc(F)cc1)c1ccccc1C1CCC1. The third-order valence-electron chi connectivity index (χ3n) is 4.34. The van der Waals surface area contributed by atoms with Crippen LogP contribution in [0.5, 0.6) is 0 Å². The maximum Gasteiger partial charge on any atom is 0.123 e. The summed E-state index contributed by atoms with van der Waals surface area (Å²) >= 11 is 0. The molecule has 1 atom stereocenters. The standard InChI is InChI=1S/C18H20FN/c1-20-18(14-9-11-15(19)12-10-14)17-8-3-2-7-16(17)13-5-4-6-13/h2-3,7-13,18,20H,4-6H2,1H3. The molecule has 2 aromatic rings. The van der Waals surface area contributed by atoms with Crippen LogP contribution in [-0.2, 0) is 0 Å². The fourth-order valence-electron chi connectivity index (χ4n) is 3.02. The van der Waals surface area contributed by atoms with E-state index in [0.717, 1.165) is 5.56 Å². The highest BCUT2D eigenvalue weighted by molar-refractivity contribution is 5.40. The molecule has 0 aliphatic heterocycles. The van der Waals surface area contributed by atoms with E-state index < -0.39 is 0 Å². The van der Waals surface area contributed by atoms with Gasteiger partial charge in [0.25, 0.3) is 0 Å². The van der Waals surface area contributed by atoms with E-state index in [4.69, 9.17) is 0 Å². The molecule has 2 aromatic carbocycles. The summed E-state index contributed by atoms with van der Waals surface area (Å²) in [4.78, 5) is 0. The van der Waals surface area contributed by atoms with E-state index in [1.165, 1.54) is 42.5 Å². The van der Waals surface area contributed by atoms with E-state index in [1.54, 1.807) is 0 Å². The summed E-state index contributed by atoms with van der Waals surface area (Å²) in [5.41, 5.74) is 3.88. The highest BCUT2D eigenvalue weighted by Crippen LogP contribution is 2.40. The summed E-state index contributed by atoms with van der Waals surface area (Å²) in [5, 5.41) is 3.38. The molecule has 1 fully saturated rings. The van der Waals surface area contributed by atoms with E-state index in [9.17, 15) is 4.39 Å². The number of nitrogens with one attached hydrogen (secondary N) is 1. The summed E-state index contributed by atoms with van der Waals surface area (Å²) in [6, 6.07) is 15.6. The molecule has 3 rings (SSSR count). The van der Waals surface area contributed by atoms with Crippen molar-refractivity contribution >= 4 is 0 Å². The first kappa shape index (κ1) is 13.3. The Morgan fingerprint density at radius 1 is 1.05 bits per heavy atom. The minimum Gasteiger partial charge on any atom is -0.309 e. The van der Waals surface area contributed by atoms with Crippen LogP contribution in [0, 0.1) is 5.82 Å². The Kier molecular flexibility index (Phi) is 3.83. The molecule has 0 amide bonds. The van der Waals surface area contributed by atoms with Gasteiger partial charge in [-0.25, -0.2) is 4.39 Å².